The quantitative estimate of drug-likeness (QED) is 0.414. The SMILES string of the molecule is C=C(CO)CCCCCCCCCC. The van der Waals surface area contributed by atoms with Crippen molar-refractivity contribution in [3.63, 3.8) is 0 Å². The maximum absolute atomic E-state index is 8.74. The molecular weight excluding hydrogens is 172 g/mol. The Morgan fingerprint density at radius 2 is 1.43 bits per heavy atom. The highest BCUT2D eigenvalue weighted by Crippen LogP contribution is 2.11. The monoisotopic (exact) mass is 198 g/mol. The molecule has 0 atom stereocenters. The summed E-state index contributed by atoms with van der Waals surface area (Å²) in [5, 5.41) is 8.74. The van der Waals surface area contributed by atoms with Gasteiger partial charge in [0.25, 0.3) is 0 Å². The average molecular weight is 198 g/mol. The Hall–Kier alpha value is -0.300. The molecule has 0 aliphatic heterocycles. The second-order valence-electron chi connectivity index (χ2n) is 4.13. The average Bonchev–Trinajstić information content (AvgIpc) is 2.21. The van der Waals surface area contributed by atoms with E-state index in [2.05, 4.69) is 13.5 Å². The topological polar surface area (TPSA) is 20.2 Å². The Morgan fingerprint density at radius 1 is 0.929 bits per heavy atom. The van der Waals surface area contributed by atoms with Crippen molar-refractivity contribution in [3.05, 3.63) is 12.2 Å². The van der Waals surface area contributed by atoms with E-state index in [1.54, 1.807) is 0 Å². The van der Waals surface area contributed by atoms with Gasteiger partial charge in [0, 0.05) is 0 Å². The van der Waals surface area contributed by atoms with Gasteiger partial charge >= 0.3 is 0 Å². The molecule has 0 heterocycles. The van der Waals surface area contributed by atoms with Crippen LogP contribution in [0.1, 0.15) is 64.7 Å². The third-order valence-electron chi connectivity index (χ3n) is 2.61. The van der Waals surface area contributed by atoms with Crippen LogP contribution in [0.3, 0.4) is 0 Å². The highest BCUT2D eigenvalue weighted by molar-refractivity contribution is 4.92. The van der Waals surface area contributed by atoms with E-state index >= 15 is 0 Å². The molecule has 1 N–H and O–H groups in total. The summed E-state index contributed by atoms with van der Waals surface area (Å²) >= 11 is 0. The predicted molar refractivity (Wildman–Crippen MR) is 63.5 cm³/mol. The second kappa shape index (κ2) is 10.8. The summed E-state index contributed by atoms with van der Waals surface area (Å²) < 4.78 is 0. The number of rotatable bonds is 10. The van der Waals surface area contributed by atoms with Gasteiger partial charge in [0.15, 0.2) is 0 Å². The number of aliphatic hydroxyl groups is 1. The standard InChI is InChI=1S/C13H26O/c1-3-4-5-6-7-8-9-10-11-13(2)12-14/h14H,2-12H2,1H3. The summed E-state index contributed by atoms with van der Waals surface area (Å²) in [7, 11) is 0. The van der Waals surface area contributed by atoms with Crippen LogP contribution in [-0.4, -0.2) is 11.7 Å². The first-order valence-electron chi connectivity index (χ1n) is 6.08. The molecule has 0 fully saturated rings. The van der Waals surface area contributed by atoms with Gasteiger partial charge in [0.2, 0.25) is 0 Å². The van der Waals surface area contributed by atoms with Crippen LogP contribution in [0.15, 0.2) is 12.2 Å². The van der Waals surface area contributed by atoms with E-state index in [1.165, 1.54) is 51.4 Å². The first kappa shape index (κ1) is 13.7. The number of aliphatic hydroxyl groups excluding tert-OH is 1. The van der Waals surface area contributed by atoms with Crippen molar-refractivity contribution in [1.82, 2.24) is 0 Å². The van der Waals surface area contributed by atoms with Gasteiger partial charge in [-0.05, 0) is 12.8 Å². The third kappa shape index (κ3) is 9.79. The van der Waals surface area contributed by atoms with Gasteiger partial charge in [0.1, 0.15) is 0 Å². The van der Waals surface area contributed by atoms with E-state index in [4.69, 9.17) is 5.11 Å². The van der Waals surface area contributed by atoms with Crippen molar-refractivity contribution in [1.29, 1.82) is 0 Å². The molecule has 0 unspecified atom stereocenters. The van der Waals surface area contributed by atoms with Crippen LogP contribution in [0.5, 0.6) is 0 Å². The highest BCUT2D eigenvalue weighted by Gasteiger charge is 1.93. The van der Waals surface area contributed by atoms with Gasteiger partial charge in [-0.25, -0.2) is 0 Å². The zero-order chi connectivity index (χ0) is 10.6. The molecule has 1 heteroatoms. The molecular formula is C13H26O. The number of hydrogen-bond acceptors (Lipinski definition) is 1. The van der Waals surface area contributed by atoms with Gasteiger partial charge in [-0.15, -0.1) is 0 Å². The molecule has 84 valence electrons. The van der Waals surface area contributed by atoms with E-state index < -0.39 is 0 Å². The largest absolute Gasteiger partial charge is 0.392 e. The molecule has 0 rings (SSSR count). The van der Waals surface area contributed by atoms with Gasteiger partial charge in [-0.1, -0.05) is 64.0 Å². The van der Waals surface area contributed by atoms with Crippen LogP contribution in [0, 0.1) is 0 Å². The Balaban J connectivity index is 2.95. The smallest absolute Gasteiger partial charge is 0.0639 e. The second-order valence-corrected chi connectivity index (χ2v) is 4.13. The Morgan fingerprint density at radius 3 is 1.93 bits per heavy atom. The van der Waals surface area contributed by atoms with Crippen LogP contribution in [0.2, 0.25) is 0 Å². The predicted octanol–water partition coefficient (Wildman–Crippen LogP) is 4.07. The third-order valence-corrected chi connectivity index (χ3v) is 2.61. The van der Waals surface area contributed by atoms with E-state index in [-0.39, 0.29) is 6.61 Å². The molecule has 0 bridgehead atoms. The maximum Gasteiger partial charge on any atom is 0.0639 e. The first-order chi connectivity index (χ1) is 6.81. The maximum atomic E-state index is 8.74. The summed E-state index contributed by atoms with van der Waals surface area (Å²) in [5.74, 6) is 0. The summed E-state index contributed by atoms with van der Waals surface area (Å²) in [4.78, 5) is 0. The highest BCUT2D eigenvalue weighted by atomic mass is 16.3. The van der Waals surface area contributed by atoms with Gasteiger partial charge in [-0.2, -0.15) is 0 Å². The fraction of sp³-hybridized carbons (Fsp3) is 0.846. The molecule has 14 heavy (non-hydrogen) atoms. The van der Waals surface area contributed by atoms with Crippen LogP contribution >= 0.6 is 0 Å². The summed E-state index contributed by atoms with van der Waals surface area (Å²) in [6, 6.07) is 0. The van der Waals surface area contributed by atoms with Gasteiger partial charge < -0.3 is 5.11 Å². The van der Waals surface area contributed by atoms with E-state index in [1.807, 2.05) is 0 Å². The minimum atomic E-state index is 0.163. The van der Waals surface area contributed by atoms with Crippen LogP contribution < -0.4 is 0 Å². The van der Waals surface area contributed by atoms with Gasteiger partial charge in [0.05, 0.1) is 6.61 Å². The molecule has 0 spiro atoms. The lowest BCUT2D eigenvalue weighted by atomic mass is 10.1. The lowest BCUT2D eigenvalue weighted by molar-refractivity contribution is 0.326. The fourth-order valence-electron chi connectivity index (χ4n) is 1.59. The fourth-order valence-corrected chi connectivity index (χ4v) is 1.59. The first-order valence-corrected chi connectivity index (χ1v) is 6.08. The molecule has 1 nitrogen and oxygen atoms in total. The van der Waals surface area contributed by atoms with Crippen molar-refractivity contribution < 1.29 is 5.11 Å². The molecule has 0 saturated carbocycles. The van der Waals surface area contributed by atoms with Crippen molar-refractivity contribution in [2.45, 2.75) is 64.7 Å². The Labute approximate surface area is 89.2 Å². The van der Waals surface area contributed by atoms with E-state index in [0.29, 0.717) is 0 Å². The lowest BCUT2D eigenvalue weighted by Crippen LogP contribution is -1.88. The molecule has 0 amide bonds. The van der Waals surface area contributed by atoms with Crippen LogP contribution in [-0.2, 0) is 0 Å². The zero-order valence-corrected chi connectivity index (χ0v) is 9.73. The van der Waals surface area contributed by atoms with Gasteiger partial charge in [-0.3, -0.25) is 0 Å². The minimum absolute atomic E-state index is 0.163. The lowest BCUT2D eigenvalue weighted by Gasteiger charge is -2.02. The van der Waals surface area contributed by atoms with Crippen molar-refractivity contribution in [2.24, 2.45) is 0 Å². The van der Waals surface area contributed by atoms with E-state index in [9.17, 15) is 0 Å². The van der Waals surface area contributed by atoms with Crippen LogP contribution in [0.4, 0.5) is 0 Å². The van der Waals surface area contributed by atoms with Crippen molar-refractivity contribution >= 4 is 0 Å². The summed E-state index contributed by atoms with van der Waals surface area (Å²) in [6.45, 7) is 6.20. The van der Waals surface area contributed by atoms with Crippen molar-refractivity contribution in [2.75, 3.05) is 6.61 Å². The molecule has 0 saturated heterocycles. The normalized spacial score (nSPS) is 10.4. The molecule has 0 aliphatic rings. The Bertz CT molecular complexity index is 129. The summed E-state index contributed by atoms with van der Waals surface area (Å²) in [5.41, 5.74) is 0.982. The zero-order valence-electron chi connectivity index (χ0n) is 9.73. The molecule has 0 aromatic heterocycles. The number of hydrogen-bond donors (Lipinski definition) is 1. The van der Waals surface area contributed by atoms with Crippen molar-refractivity contribution in [3.8, 4) is 0 Å². The minimum Gasteiger partial charge on any atom is -0.392 e. The van der Waals surface area contributed by atoms with E-state index in [0.717, 1.165) is 12.0 Å². The molecule has 0 aliphatic carbocycles. The molecule has 0 radical (unpaired) electrons. The summed E-state index contributed by atoms with van der Waals surface area (Å²) in [6.07, 6.45) is 11.8. The Kier molecular flexibility index (Phi) is 10.5. The van der Waals surface area contributed by atoms with Crippen LogP contribution in [0.25, 0.3) is 0 Å². The molecule has 0 aromatic rings. The number of unbranched alkanes of at least 4 members (excludes halogenated alkanes) is 7. The molecule has 0 aromatic carbocycles.